The molecule has 0 atom stereocenters. The van der Waals surface area contributed by atoms with Gasteiger partial charge in [-0.15, -0.1) is 5.10 Å². The van der Waals surface area contributed by atoms with Crippen LogP contribution in [0.25, 0.3) is 5.65 Å². The normalized spacial score (nSPS) is 14.5. The van der Waals surface area contributed by atoms with E-state index in [1.807, 2.05) is 0 Å². The van der Waals surface area contributed by atoms with E-state index in [9.17, 15) is 30.7 Å². The van der Waals surface area contributed by atoms with Gasteiger partial charge in [-0.1, -0.05) is 20.8 Å². The lowest BCUT2D eigenvalue weighted by atomic mass is 9.96. The molecule has 2 aromatic rings. The first-order valence-electron chi connectivity index (χ1n) is 6.23. The van der Waals surface area contributed by atoms with E-state index < -0.39 is 29.1 Å². The van der Waals surface area contributed by atoms with Crippen LogP contribution in [-0.2, 0) is 11.1 Å². The molecule has 23 heavy (non-hydrogen) atoms. The van der Waals surface area contributed by atoms with Crippen molar-refractivity contribution in [1.29, 1.82) is 0 Å². The van der Waals surface area contributed by atoms with E-state index >= 15 is 0 Å². The first-order chi connectivity index (χ1) is 10.2. The summed E-state index contributed by atoms with van der Waals surface area (Å²) in [5, 5.41) is 3.89. The fourth-order valence-electron chi connectivity index (χ4n) is 1.75. The third kappa shape index (κ3) is 2.72. The third-order valence-electron chi connectivity index (χ3n) is 3.03. The fourth-order valence-corrected chi connectivity index (χ4v) is 1.75. The maximum Gasteiger partial charge on any atom is 0.437 e. The molecule has 0 fully saturated rings. The van der Waals surface area contributed by atoms with E-state index in [2.05, 4.69) is 15.1 Å². The summed E-state index contributed by atoms with van der Waals surface area (Å²) in [6, 6.07) is 0.295. The molecule has 0 aliphatic heterocycles. The van der Waals surface area contributed by atoms with E-state index in [4.69, 9.17) is 0 Å². The molecular weight excluding hydrogens is 333 g/mol. The average molecular weight is 344 g/mol. The molecule has 0 aromatic carbocycles. The molecule has 0 spiro atoms. The smallest absolute Gasteiger partial charge is 0.237 e. The molecule has 0 aliphatic rings. The maximum atomic E-state index is 13.9. The number of alkyl halides is 7. The van der Waals surface area contributed by atoms with E-state index in [1.165, 1.54) is 0 Å². The molecule has 2 rings (SSSR count). The number of aromatic nitrogens is 4. The summed E-state index contributed by atoms with van der Waals surface area (Å²) in [5.41, 5.74) is -8.39. The first kappa shape index (κ1) is 17.4. The second kappa shape index (κ2) is 4.78. The molecule has 128 valence electrons. The standard InChI is InChI=1S/C12H11F7N4/c1-9(2,3)8-21-7-4-6(20-5-23(7)22-8)10(13,11(14,15)16)12(17,18)19/h4-5H,1-3H3. The molecule has 0 aliphatic carbocycles. The summed E-state index contributed by atoms with van der Waals surface area (Å²) in [6.07, 6.45) is -11.9. The number of hydrogen-bond donors (Lipinski definition) is 0. The minimum Gasteiger partial charge on any atom is -0.237 e. The van der Waals surface area contributed by atoms with Crippen molar-refractivity contribution < 1.29 is 30.7 Å². The molecule has 2 aromatic heterocycles. The van der Waals surface area contributed by atoms with Gasteiger partial charge in [-0.3, -0.25) is 0 Å². The molecule has 0 radical (unpaired) electrons. The highest BCUT2D eigenvalue weighted by molar-refractivity contribution is 5.41. The topological polar surface area (TPSA) is 43.1 Å². The minimum atomic E-state index is -6.22. The summed E-state index contributed by atoms with van der Waals surface area (Å²) in [5.74, 6) is 0.167. The predicted octanol–water partition coefficient (Wildman–Crippen LogP) is 3.71. The van der Waals surface area contributed by atoms with Crippen molar-refractivity contribution >= 4 is 5.65 Å². The number of hydrogen-bond acceptors (Lipinski definition) is 3. The monoisotopic (exact) mass is 344 g/mol. The Morgan fingerprint density at radius 2 is 1.43 bits per heavy atom. The number of rotatable bonds is 1. The summed E-state index contributed by atoms with van der Waals surface area (Å²) < 4.78 is 91.0. The van der Waals surface area contributed by atoms with Gasteiger partial charge in [-0.25, -0.2) is 18.9 Å². The van der Waals surface area contributed by atoms with Crippen LogP contribution in [0.1, 0.15) is 32.3 Å². The maximum absolute atomic E-state index is 13.9. The van der Waals surface area contributed by atoms with Crippen molar-refractivity contribution in [3.63, 3.8) is 0 Å². The largest absolute Gasteiger partial charge is 0.437 e. The zero-order chi connectivity index (χ0) is 17.8. The van der Waals surface area contributed by atoms with Gasteiger partial charge < -0.3 is 0 Å². The van der Waals surface area contributed by atoms with Crippen LogP contribution in [0.5, 0.6) is 0 Å². The summed E-state index contributed by atoms with van der Waals surface area (Å²) in [7, 11) is 0. The second-order valence-electron chi connectivity index (χ2n) is 5.92. The minimum absolute atomic E-state index is 0.167. The molecule has 0 N–H and O–H groups in total. The van der Waals surface area contributed by atoms with Gasteiger partial charge in [0.15, 0.2) is 11.5 Å². The lowest BCUT2D eigenvalue weighted by Gasteiger charge is -2.29. The van der Waals surface area contributed by atoms with Crippen LogP contribution < -0.4 is 0 Å². The Bertz CT molecular complexity index is 710. The van der Waals surface area contributed by atoms with Gasteiger partial charge in [0.2, 0.25) is 0 Å². The van der Waals surface area contributed by atoms with Gasteiger partial charge in [-0.2, -0.15) is 26.3 Å². The Morgan fingerprint density at radius 1 is 0.913 bits per heavy atom. The van der Waals surface area contributed by atoms with Gasteiger partial charge in [-0.05, 0) is 0 Å². The molecule has 4 nitrogen and oxygen atoms in total. The van der Waals surface area contributed by atoms with Crippen LogP contribution in [-0.4, -0.2) is 31.9 Å². The zero-order valence-electron chi connectivity index (χ0n) is 12.1. The Kier molecular flexibility index (Phi) is 3.62. The molecule has 11 heteroatoms. The average Bonchev–Trinajstić information content (AvgIpc) is 2.77. The number of fused-ring (bicyclic) bond motifs is 1. The third-order valence-corrected chi connectivity index (χ3v) is 3.03. The molecule has 0 amide bonds. The summed E-state index contributed by atoms with van der Waals surface area (Å²) in [4.78, 5) is 6.79. The summed E-state index contributed by atoms with van der Waals surface area (Å²) >= 11 is 0. The van der Waals surface area contributed by atoms with Crippen molar-refractivity contribution in [2.24, 2.45) is 0 Å². The van der Waals surface area contributed by atoms with Crippen LogP contribution in [0.4, 0.5) is 30.7 Å². The zero-order valence-corrected chi connectivity index (χ0v) is 12.1. The highest BCUT2D eigenvalue weighted by atomic mass is 19.4. The first-order valence-corrected chi connectivity index (χ1v) is 6.23. The molecule has 0 saturated heterocycles. The van der Waals surface area contributed by atoms with Crippen LogP contribution in [0.15, 0.2) is 12.4 Å². The van der Waals surface area contributed by atoms with Crippen LogP contribution in [0.3, 0.4) is 0 Å². The Labute approximate surface area is 125 Å². The lowest BCUT2D eigenvalue weighted by Crippen LogP contribution is -2.51. The number of nitrogens with zero attached hydrogens (tertiary/aromatic N) is 4. The number of halogens is 7. The fraction of sp³-hybridized carbons (Fsp3) is 0.583. The predicted molar refractivity (Wildman–Crippen MR) is 64.4 cm³/mol. The second-order valence-corrected chi connectivity index (χ2v) is 5.92. The van der Waals surface area contributed by atoms with Crippen molar-refractivity contribution in [1.82, 2.24) is 19.6 Å². The van der Waals surface area contributed by atoms with Gasteiger partial charge in [0.25, 0.3) is 0 Å². The van der Waals surface area contributed by atoms with E-state index in [0.717, 1.165) is 4.52 Å². The highest BCUT2D eigenvalue weighted by Crippen LogP contribution is 2.52. The molecule has 2 heterocycles. The van der Waals surface area contributed by atoms with Crippen LogP contribution in [0, 0.1) is 0 Å². The lowest BCUT2D eigenvalue weighted by molar-refractivity contribution is -0.350. The molecule has 0 unspecified atom stereocenters. The molecule has 0 saturated carbocycles. The Morgan fingerprint density at radius 3 is 1.87 bits per heavy atom. The van der Waals surface area contributed by atoms with Crippen LogP contribution in [0.2, 0.25) is 0 Å². The van der Waals surface area contributed by atoms with Crippen LogP contribution >= 0.6 is 0 Å². The van der Waals surface area contributed by atoms with Crippen molar-refractivity contribution in [2.75, 3.05) is 0 Å². The van der Waals surface area contributed by atoms with E-state index in [0.29, 0.717) is 12.4 Å². The van der Waals surface area contributed by atoms with E-state index in [-0.39, 0.29) is 11.5 Å². The van der Waals surface area contributed by atoms with Gasteiger partial charge in [0.1, 0.15) is 12.0 Å². The van der Waals surface area contributed by atoms with Gasteiger partial charge >= 0.3 is 18.0 Å². The molecule has 0 bridgehead atoms. The SMILES string of the molecule is CC(C)(C)c1nc2cc(C(F)(C(F)(F)F)C(F)(F)F)ncn2n1. The Hall–Kier alpha value is -1.94. The molecular formula is C12H11F7N4. The highest BCUT2D eigenvalue weighted by Gasteiger charge is 2.74. The van der Waals surface area contributed by atoms with Crippen molar-refractivity contribution in [2.45, 2.75) is 44.2 Å². The van der Waals surface area contributed by atoms with E-state index in [1.54, 1.807) is 20.8 Å². The quantitative estimate of drug-likeness (QED) is 0.741. The Balaban J connectivity index is 2.67. The van der Waals surface area contributed by atoms with Crippen molar-refractivity contribution in [3.05, 3.63) is 23.9 Å². The van der Waals surface area contributed by atoms with Gasteiger partial charge in [0.05, 0.1) is 0 Å². The van der Waals surface area contributed by atoms with Gasteiger partial charge in [0, 0.05) is 11.5 Å². The summed E-state index contributed by atoms with van der Waals surface area (Å²) in [6.45, 7) is 5.09. The van der Waals surface area contributed by atoms with Crippen molar-refractivity contribution in [3.8, 4) is 0 Å².